The second kappa shape index (κ2) is 6.08. The van der Waals surface area contributed by atoms with Gasteiger partial charge in [0.2, 0.25) is 0 Å². The summed E-state index contributed by atoms with van der Waals surface area (Å²) < 4.78 is 2.17. The number of hydrogen-bond acceptors (Lipinski definition) is 2. The number of nitrogens with one attached hydrogen (secondary N) is 1. The van der Waals surface area contributed by atoms with Gasteiger partial charge >= 0.3 is 0 Å². The summed E-state index contributed by atoms with van der Waals surface area (Å²) in [7, 11) is 0. The van der Waals surface area contributed by atoms with Gasteiger partial charge in [-0.3, -0.25) is 4.68 Å². The molecule has 0 aliphatic carbocycles. The molecule has 0 radical (unpaired) electrons. The molecule has 0 aliphatic heterocycles. The molecule has 110 valence electrons. The van der Waals surface area contributed by atoms with E-state index in [-0.39, 0.29) is 5.54 Å². The van der Waals surface area contributed by atoms with Gasteiger partial charge in [-0.25, -0.2) is 0 Å². The maximum atomic E-state index is 4.73. The van der Waals surface area contributed by atoms with E-state index in [1.54, 1.807) is 0 Å². The molecule has 0 amide bonds. The Bertz CT molecular complexity index is 410. The van der Waals surface area contributed by atoms with E-state index in [9.17, 15) is 0 Å². The molecule has 1 N–H and O–H groups in total. The molecule has 3 heteroatoms. The lowest BCUT2D eigenvalue weighted by atomic mass is 9.99. The first-order chi connectivity index (χ1) is 8.62. The summed E-state index contributed by atoms with van der Waals surface area (Å²) in [5.41, 5.74) is 3.99. The summed E-state index contributed by atoms with van der Waals surface area (Å²) in [6.45, 7) is 18.7. The highest BCUT2D eigenvalue weighted by molar-refractivity contribution is 5.26. The lowest BCUT2D eigenvalue weighted by molar-refractivity contribution is 0.346. The van der Waals surface area contributed by atoms with E-state index >= 15 is 0 Å². The first kappa shape index (κ1) is 16.2. The van der Waals surface area contributed by atoms with Crippen LogP contribution < -0.4 is 5.32 Å². The van der Waals surface area contributed by atoms with Gasteiger partial charge < -0.3 is 5.32 Å². The molecule has 1 rings (SSSR count). The van der Waals surface area contributed by atoms with Gasteiger partial charge in [-0.05, 0) is 59.1 Å². The third-order valence-electron chi connectivity index (χ3n) is 3.50. The summed E-state index contributed by atoms with van der Waals surface area (Å²) in [6, 6.07) is 0.557. The van der Waals surface area contributed by atoms with Crippen molar-refractivity contribution < 1.29 is 0 Å². The molecule has 0 spiro atoms. The van der Waals surface area contributed by atoms with Crippen LogP contribution in [0.25, 0.3) is 0 Å². The Balaban J connectivity index is 2.82. The quantitative estimate of drug-likeness (QED) is 0.884. The number of rotatable bonds is 5. The van der Waals surface area contributed by atoms with Gasteiger partial charge in [-0.2, -0.15) is 5.10 Å². The van der Waals surface area contributed by atoms with Crippen molar-refractivity contribution >= 4 is 0 Å². The minimum Gasteiger partial charge on any atom is -0.314 e. The zero-order chi connectivity index (χ0) is 14.8. The van der Waals surface area contributed by atoms with E-state index in [1.165, 1.54) is 17.0 Å². The van der Waals surface area contributed by atoms with Crippen molar-refractivity contribution in [3.63, 3.8) is 0 Å². The van der Waals surface area contributed by atoms with Crippen LogP contribution in [0, 0.1) is 19.8 Å². The first-order valence-corrected chi connectivity index (χ1v) is 7.42. The number of aromatic nitrogens is 2. The third-order valence-corrected chi connectivity index (χ3v) is 3.50. The molecule has 19 heavy (non-hydrogen) atoms. The molecule has 1 unspecified atom stereocenters. The predicted molar refractivity (Wildman–Crippen MR) is 82.7 cm³/mol. The standard InChI is InChI=1S/C16H31N3/c1-11(2)17-10-12(3)9-15-13(4)18-19(14(15)5)16(6,7)8/h11-12,17H,9-10H2,1-8H3. The highest BCUT2D eigenvalue weighted by Crippen LogP contribution is 2.23. The minimum atomic E-state index is 0.0620. The average Bonchev–Trinajstić information content (AvgIpc) is 2.54. The zero-order valence-corrected chi connectivity index (χ0v) is 14.0. The van der Waals surface area contributed by atoms with Crippen molar-refractivity contribution in [2.75, 3.05) is 6.54 Å². The molecule has 0 bridgehead atoms. The van der Waals surface area contributed by atoms with Crippen molar-refractivity contribution in [1.29, 1.82) is 0 Å². The van der Waals surface area contributed by atoms with Gasteiger partial charge in [-0.15, -0.1) is 0 Å². The van der Waals surface area contributed by atoms with E-state index in [1.807, 2.05) is 0 Å². The van der Waals surface area contributed by atoms with Crippen molar-refractivity contribution in [3.8, 4) is 0 Å². The SMILES string of the molecule is Cc1nn(C(C)(C)C)c(C)c1CC(C)CNC(C)C. The molecule has 1 atom stereocenters. The molecule has 3 nitrogen and oxygen atoms in total. The lowest BCUT2D eigenvalue weighted by Gasteiger charge is -2.22. The Kier molecular flexibility index (Phi) is 5.19. The van der Waals surface area contributed by atoms with Crippen LogP contribution in [0.3, 0.4) is 0 Å². The Morgan fingerprint density at radius 1 is 1.16 bits per heavy atom. The van der Waals surface area contributed by atoms with Crippen molar-refractivity contribution in [1.82, 2.24) is 15.1 Å². The molecule has 0 saturated heterocycles. The van der Waals surface area contributed by atoms with E-state index in [4.69, 9.17) is 5.10 Å². The third kappa shape index (κ3) is 4.34. The Morgan fingerprint density at radius 3 is 2.16 bits per heavy atom. The van der Waals surface area contributed by atoms with Gasteiger partial charge in [0.15, 0.2) is 0 Å². The highest BCUT2D eigenvalue weighted by Gasteiger charge is 2.21. The second-order valence-corrected chi connectivity index (χ2v) is 7.10. The Morgan fingerprint density at radius 2 is 1.74 bits per heavy atom. The van der Waals surface area contributed by atoms with Crippen LogP contribution in [-0.2, 0) is 12.0 Å². The summed E-state index contributed by atoms with van der Waals surface area (Å²) in [6.07, 6.45) is 1.10. The van der Waals surface area contributed by atoms with Gasteiger partial charge in [-0.1, -0.05) is 20.8 Å². The molecule has 1 aromatic heterocycles. The van der Waals surface area contributed by atoms with E-state index in [0.29, 0.717) is 12.0 Å². The van der Waals surface area contributed by atoms with E-state index < -0.39 is 0 Å². The lowest BCUT2D eigenvalue weighted by Crippen LogP contribution is -2.29. The monoisotopic (exact) mass is 265 g/mol. The topological polar surface area (TPSA) is 29.9 Å². The van der Waals surface area contributed by atoms with Crippen LogP contribution >= 0.6 is 0 Å². The highest BCUT2D eigenvalue weighted by atomic mass is 15.3. The minimum absolute atomic E-state index is 0.0620. The molecule has 0 aliphatic rings. The molecule has 0 fully saturated rings. The van der Waals surface area contributed by atoms with Crippen molar-refractivity contribution in [2.24, 2.45) is 5.92 Å². The van der Waals surface area contributed by atoms with Crippen LogP contribution in [-0.4, -0.2) is 22.4 Å². The maximum absolute atomic E-state index is 4.73. The summed E-state index contributed by atoms with van der Waals surface area (Å²) in [4.78, 5) is 0. The normalized spacial score (nSPS) is 14.2. The average molecular weight is 265 g/mol. The van der Waals surface area contributed by atoms with Gasteiger partial charge in [0.25, 0.3) is 0 Å². The largest absolute Gasteiger partial charge is 0.314 e. The second-order valence-electron chi connectivity index (χ2n) is 7.10. The van der Waals surface area contributed by atoms with Gasteiger partial charge in [0.1, 0.15) is 0 Å². The van der Waals surface area contributed by atoms with Crippen molar-refractivity contribution in [2.45, 2.75) is 73.4 Å². The first-order valence-electron chi connectivity index (χ1n) is 7.42. The fourth-order valence-corrected chi connectivity index (χ4v) is 2.48. The van der Waals surface area contributed by atoms with Crippen LogP contribution in [0.1, 0.15) is 58.5 Å². The Hall–Kier alpha value is -0.830. The molecular formula is C16H31N3. The van der Waals surface area contributed by atoms with E-state index in [0.717, 1.165) is 13.0 Å². The van der Waals surface area contributed by atoms with Crippen LogP contribution in [0.5, 0.6) is 0 Å². The molecule has 0 aromatic carbocycles. The molecule has 1 aromatic rings. The van der Waals surface area contributed by atoms with E-state index in [2.05, 4.69) is 65.4 Å². The Labute approximate surface area is 118 Å². The predicted octanol–water partition coefficient (Wildman–Crippen LogP) is 3.43. The smallest absolute Gasteiger partial charge is 0.0628 e. The fraction of sp³-hybridized carbons (Fsp3) is 0.812. The van der Waals surface area contributed by atoms with Crippen molar-refractivity contribution in [3.05, 3.63) is 17.0 Å². The number of hydrogen-bond donors (Lipinski definition) is 1. The number of nitrogens with zero attached hydrogens (tertiary/aromatic N) is 2. The fourth-order valence-electron chi connectivity index (χ4n) is 2.48. The van der Waals surface area contributed by atoms with Crippen LogP contribution in [0.2, 0.25) is 0 Å². The molecular weight excluding hydrogens is 234 g/mol. The van der Waals surface area contributed by atoms with Crippen LogP contribution in [0.4, 0.5) is 0 Å². The number of aryl methyl sites for hydroxylation is 1. The zero-order valence-electron chi connectivity index (χ0n) is 14.0. The summed E-state index contributed by atoms with van der Waals surface area (Å²) in [5, 5.41) is 8.24. The summed E-state index contributed by atoms with van der Waals surface area (Å²) in [5.74, 6) is 0.636. The van der Waals surface area contributed by atoms with Gasteiger partial charge in [0, 0.05) is 11.7 Å². The van der Waals surface area contributed by atoms with Crippen LogP contribution in [0.15, 0.2) is 0 Å². The molecule has 1 heterocycles. The molecule has 0 saturated carbocycles. The van der Waals surface area contributed by atoms with Gasteiger partial charge in [0.05, 0.1) is 11.2 Å². The maximum Gasteiger partial charge on any atom is 0.0628 e. The summed E-state index contributed by atoms with van der Waals surface area (Å²) >= 11 is 0.